The highest BCUT2D eigenvalue weighted by atomic mass is 16.2. The van der Waals surface area contributed by atoms with Crippen molar-refractivity contribution in [3.8, 4) is 0 Å². The van der Waals surface area contributed by atoms with Crippen LogP contribution in [0.25, 0.3) is 0 Å². The third-order valence-corrected chi connectivity index (χ3v) is 4.04. The maximum atomic E-state index is 12.4. The Morgan fingerprint density at radius 2 is 1.71 bits per heavy atom. The van der Waals surface area contributed by atoms with E-state index in [0.717, 1.165) is 18.5 Å². The van der Waals surface area contributed by atoms with Crippen molar-refractivity contribution in [2.75, 3.05) is 5.01 Å². The van der Waals surface area contributed by atoms with Crippen LogP contribution in [0.1, 0.15) is 47.0 Å². The lowest BCUT2D eigenvalue weighted by Crippen LogP contribution is -2.58. The summed E-state index contributed by atoms with van der Waals surface area (Å²) >= 11 is 0. The highest BCUT2D eigenvalue weighted by molar-refractivity contribution is 5.92. The average Bonchev–Trinajstić information content (AvgIpc) is 2.35. The summed E-state index contributed by atoms with van der Waals surface area (Å²) in [5, 5.41) is 4.92. The lowest BCUT2D eigenvalue weighted by atomic mass is 9.74. The van der Waals surface area contributed by atoms with Crippen molar-refractivity contribution in [1.82, 2.24) is 5.32 Å². The largest absolute Gasteiger partial charge is 0.307 e. The Hall–Kier alpha value is -1.39. The van der Waals surface area contributed by atoms with Gasteiger partial charge in [-0.1, -0.05) is 18.2 Å². The van der Waals surface area contributed by atoms with Gasteiger partial charge in [0.15, 0.2) is 0 Å². The summed E-state index contributed by atoms with van der Waals surface area (Å²) in [4.78, 5) is 12.4. The molecule has 4 heteroatoms. The first kappa shape index (κ1) is 16.0. The van der Waals surface area contributed by atoms with Crippen LogP contribution in [0.5, 0.6) is 0 Å². The second kappa shape index (κ2) is 5.78. The molecule has 21 heavy (non-hydrogen) atoms. The number of rotatable bonds is 3. The highest BCUT2D eigenvalue weighted by Crippen LogP contribution is 2.35. The van der Waals surface area contributed by atoms with E-state index in [1.165, 1.54) is 5.01 Å². The molecular weight excluding hydrogens is 262 g/mol. The minimum atomic E-state index is -0.0142. The number of carbonyl (C=O) groups excluding carboxylic acids is 1. The Bertz CT molecular complexity index is 480. The maximum Gasteiger partial charge on any atom is 0.241 e. The zero-order valence-corrected chi connectivity index (χ0v) is 13.5. The molecule has 4 nitrogen and oxygen atoms in total. The van der Waals surface area contributed by atoms with Crippen molar-refractivity contribution in [2.24, 2.45) is 11.8 Å². The summed E-state index contributed by atoms with van der Waals surface area (Å²) in [5.41, 5.74) is 0.854. The standard InChI is InChI=1S/C17H27N3O/c1-16(2)11-13(12-17(3,4)19-16)10-15(21)20(18)14-8-6-5-7-9-14/h5-9,13,19H,10-12,18H2,1-4H3. The number of benzene rings is 1. The second-order valence-corrected chi connectivity index (χ2v) is 7.47. The van der Waals surface area contributed by atoms with E-state index in [4.69, 9.17) is 5.84 Å². The summed E-state index contributed by atoms with van der Waals surface area (Å²) in [6, 6.07) is 9.40. The molecule has 1 heterocycles. The second-order valence-electron chi connectivity index (χ2n) is 7.47. The van der Waals surface area contributed by atoms with Gasteiger partial charge in [-0.25, -0.2) is 10.9 Å². The fourth-order valence-electron chi connectivity index (χ4n) is 3.76. The average molecular weight is 289 g/mol. The van der Waals surface area contributed by atoms with Crippen LogP contribution in [0.4, 0.5) is 5.69 Å². The number of hydrazine groups is 1. The molecule has 1 aromatic rings. The molecule has 1 aromatic carbocycles. The van der Waals surface area contributed by atoms with Gasteiger partial charge < -0.3 is 5.32 Å². The molecule has 0 aliphatic carbocycles. The summed E-state index contributed by atoms with van der Waals surface area (Å²) in [6.45, 7) is 8.79. The summed E-state index contributed by atoms with van der Waals surface area (Å²) in [7, 11) is 0. The molecule has 1 aliphatic heterocycles. The first-order valence-electron chi connectivity index (χ1n) is 7.61. The van der Waals surface area contributed by atoms with E-state index in [2.05, 4.69) is 33.0 Å². The van der Waals surface area contributed by atoms with Crippen LogP contribution < -0.4 is 16.2 Å². The molecule has 1 amide bonds. The molecule has 2 rings (SSSR count). The molecule has 0 atom stereocenters. The van der Waals surface area contributed by atoms with Crippen LogP contribution >= 0.6 is 0 Å². The quantitative estimate of drug-likeness (QED) is 0.511. The monoisotopic (exact) mass is 289 g/mol. The van der Waals surface area contributed by atoms with Gasteiger partial charge in [-0.3, -0.25) is 4.79 Å². The molecule has 0 bridgehead atoms. The van der Waals surface area contributed by atoms with Gasteiger partial charge in [-0.15, -0.1) is 0 Å². The Morgan fingerprint density at radius 1 is 1.19 bits per heavy atom. The molecule has 0 aromatic heterocycles. The fraction of sp³-hybridized carbons (Fsp3) is 0.588. The number of nitrogens with one attached hydrogen (secondary N) is 1. The van der Waals surface area contributed by atoms with Crippen LogP contribution in [-0.4, -0.2) is 17.0 Å². The molecule has 3 N–H and O–H groups in total. The maximum absolute atomic E-state index is 12.4. The third kappa shape index (κ3) is 4.29. The van der Waals surface area contributed by atoms with Crippen molar-refractivity contribution in [3.63, 3.8) is 0 Å². The Labute approximate surface area is 127 Å². The van der Waals surface area contributed by atoms with E-state index < -0.39 is 0 Å². The minimum Gasteiger partial charge on any atom is -0.307 e. The zero-order valence-electron chi connectivity index (χ0n) is 13.5. The third-order valence-electron chi connectivity index (χ3n) is 4.04. The number of carbonyl (C=O) groups is 1. The van der Waals surface area contributed by atoms with Crippen LogP contribution in [0.15, 0.2) is 30.3 Å². The van der Waals surface area contributed by atoms with E-state index in [0.29, 0.717) is 12.3 Å². The van der Waals surface area contributed by atoms with Gasteiger partial charge >= 0.3 is 0 Å². The molecule has 1 aliphatic rings. The Balaban J connectivity index is 2.02. The SMILES string of the molecule is CC1(C)CC(CC(=O)N(N)c2ccccc2)CC(C)(C)N1. The predicted molar refractivity (Wildman–Crippen MR) is 86.8 cm³/mol. The van der Waals surface area contributed by atoms with Crippen molar-refractivity contribution in [3.05, 3.63) is 30.3 Å². The number of hydrogen-bond acceptors (Lipinski definition) is 3. The first-order valence-corrected chi connectivity index (χ1v) is 7.61. The van der Waals surface area contributed by atoms with Crippen molar-refractivity contribution >= 4 is 11.6 Å². The number of nitrogens with two attached hydrogens (primary N) is 1. The molecule has 0 unspecified atom stereocenters. The topological polar surface area (TPSA) is 58.4 Å². The number of nitrogens with zero attached hydrogens (tertiary/aromatic N) is 1. The molecule has 1 saturated heterocycles. The lowest BCUT2D eigenvalue weighted by molar-refractivity contribution is -0.120. The van der Waals surface area contributed by atoms with Gasteiger partial charge in [0, 0.05) is 17.5 Å². The van der Waals surface area contributed by atoms with E-state index in [1.54, 1.807) is 0 Å². The van der Waals surface area contributed by atoms with Gasteiger partial charge in [-0.2, -0.15) is 0 Å². The van der Waals surface area contributed by atoms with E-state index >= 15 is 0 Å². The van der Waals surface area contributed by atoms with Crippen LogP contribution in [0, 0.1) is 5.92 Å². The molecule has 1 fully saturated rings. The number of piperidine rings is 1. The smallest absolute Gasteiger partial charge is 0.241 e. The number of para-hydroxylation sites is 1. The summed E-state index contributed by atoms with van der Waals surface area (Å²) in [6.07, 6.45) is 2.48. The fourth-order valence-corrected chi connectivity index (χ4v) is 3.76. The first-order chi connectivity index (χ1) is 9.69. The highest BCUT2D eigenvalue weighted by Gasteiger charge is 2.38. The van der Waals surface area contributed by atoms with Gasteiger partial charge in [0.1, 0.15) is 0 Å². The van der Waals surface area contributed by atoms with E-state index in [1.807, 2.05) is 30.3 Å². The van der Waals surface area contributed by atoms with Gasteiger partial charge in [-0.05, 0) is 58.6 Å². The van der Waals surface area contributed by atoms with Crippen molar-refractivity contribution < 1.29 is 4.79 Å². The molecule has 0 spiro atoms. The lowest BCUT2D eigenvalue weighted by Gasteiger charge is -2.46. The molecule has 0 saturated carbocycles. The van der Waals surface area contributed by atoms with Gasteiger partial charge in [0.05, 0.1) is 5.69 Å². The van der Waals surface area contributed by atoms with E-state index in [-0.39, 0.29) is 17.0 Å². The van der Waals surface area contributed by atoms with Crippen LogP contribution in [-0.2, 0) is 4.79 Å². The summed E-state index contributed by atoms with van der Waals surface area (Å²) < 4.78 is 0. The van der Waals surface area contributed by atoms with Crippen molar-refractivity contribution in [2.45, 2.75) is 58.0 Å². The number of anilines is 1. The Morgan fingerprint density at radius 3 is 2.24 bits per heavy atom. The van der Waals surface area contributed by atoms with Gasteiger partial charge in [0.25, 0.3) is 0 Å². The van der Waals surface area contributed by atoms with Gasteiger partial charge in [0.2, 0.25) is 5.91 Å². The van der Waals surface area contributed by atoms with Crippen LogP contribution in [0.3, 0.4) is 0 Å². The molecular formula is C17H27N3O. The predicted octanol–water partition coefficient (Wildman–Crippen LogP) is 2.84. The normalized spacial score (nSPS) is 21.0. The number of amides is 1. The molecule has 0 radical (unpaired) electrons. The zero-order chi connectivity index (χ0) is 15.7. The van der Waals surface area contributed by atoms with Crippen LogP contribution in [0.2, 0.25) is 0 Å². The molecule has 116 valence electrons. The van der Waals surface area contributed by atoms with E-state index in [9.17, 15) is 4.79 Å². The Kier molecular flexibility index (Phi) is 4.40. The van der Waals surface area contributed by atoms with Crippen molar-refractivity contribution in [1.29, 1.82) is 0 Å². The minimum absolute atomic E-state index is 0.0142. The summed E-state index contributed by atoms with van der Waals surface area (Å²) in [5.74, 6) is 6.30. The number of hydrogen-bond donors (Lipinski definition) is 2.